The maximum atomic E-state index is 13.2. The zero-order chi connectivity index (χ0) is 16.2. The minimum atomic E-state index is -4.60. The lowest BCUT2D eigenvalue weighted by atomic mass is 10.0. The number of benzene rings is 2. The van der Waals surface area contributed by atoms with E-state index in [0.29, 0.717) is 11.8 Å². The van der Waals surface area contributed by atoms with Crippen molar-refractivity contribution in [3.8, 4) is 0 Å². The van der Waals surface area contributed by atoms with Crippen LogP contribution in [0.1, 0.15) is 5.56 Å². The number of amides is 1. The number of alkyl halides is 3. The Hall–Kier alpha value is -2.56. The first-order valence-electron chi connectivity index (χ1n) is 6.56. The van der Waals surface area contributed by atoms with E-state index in [0.717, 1.165) is 0 Å². The van der Waals surface area contributed by atoms with E-state index in [-0.39, 0.29) is 5.56 Å². The maximum absolute atomic E-state index is 13.2. The zero-order valence-corrected chi connectivity index (χ0v) is 11.8. The summed E-state index contributed by atoms with van der Waals surface area (Å²) in [7, 11) is 1.44. The highest BCUT2D eigenvalue weighted by Gasteiger charge is 2.35. The van der Waals surface area contributed by atoms with Crippen LogP contribution in [0.5, 0.6) is 0 Å². The van der Waals surface area contributed by atoms with Crippen LogP contribution in [0.2, 0.25) is 0 Å². The minimum Gasteiger partial charge on any atom is -0.312 e. The number of anilines is 1. The third kappa shape index (κ3) is 3.75. The highest BCUT2D eigenvalue weighted by atomic mass is 19.4. The van der Waals surface area contributed by atoms with Gasteiger partial charge in [0.15, 0.2) is 0 Å². The van der Waals surface area contributed by atoms with E-state index in [4.69, 9.17) is 0 Å². The van der Waals surface area contributed by atoms with Crippen LogP contribution < -0.4 is 4.90 Å². The molecule has 0 aliphatic rings. The number of hydrogen-bond donors (Lipinski definition) is 0. The topological polar surface area (TPSA) is 20.3 Å². The fourth-order valence-corrected chi connectivity index (χ4v) is 1.95. The largest absolute Gasteiger partial charge is 0.417 e. The van der Waals surface area contributed by atoms with Gasteiger partial charge in [-0.05, 0) is 17.7 Å². The first kappa shape index (κ1) is 15.8. The average molecular weight is 305 g/mol. The van der Waals surface area contributed by atoms with Crippen molar-refractivity contribution in [1.82, 2.24) is 0 Å². The van der Waals surface area contributed by atoms with Crippen LogP contribution in [0.25, 0.3) is 5.57 Å². The molecule has 0 unspecified atom stereocenters. The molecule has 114 valence electrons. The van der Waals surface area contributed by atoms with Gasteiger partial charge in [-0.1, -0.05) is 48.5 Å². The van der Waals surface area contributed by atoms with Gasteiger partial charge in [0, 0.05) is 18.8 Å². The second-order valence-corrected chi connectivity index (χ2v) is 4.65. The van der Waals surface area contributed by atoms with E-state index in [1.807, 2.05) is 0 Å². The van der Waals surface area contributed by atoms with Crippen molar-refractivity contribution in [3.63, 3.8) is 0 Å². The summed E-state index contributed by atoms with van der Waals surface area (Å²) in [6.07, 6.45) is -3.98. The third-order valence-electron chi connectivity index (χ3n) is 3.13. The molecule has 0 N–H and O–H groups in total. The van der Waals surface area contributed by atoms with Crippen molar-refractivity contribution < 1.29 is 18.0 Å². The summed E-state index contributed by atoms with van der Waals surface area (Å²) in [6.45, 7) is 0. The fourth-order valence-electron chi connectivity index (χ4n) is 1.95. The Labute approximate surface area is 126 Å². The SMILES string of the molecule is CN(C(=O)/C=C(/c1ccccc1)C(F)(F)F)c1ccccc1. The Kier molecular flexibility index (Phi) is 4.65. The fraction of sp³-hybridized carbons (Fsp3) is 0.118. The van der Waals surface area contributed by atoms with Gasteiger partial charge in [-0.15, -0.1) is 0 Å². The maximum Gasteiger partial charge on any atom is 0.417 e. The summed E-state index contributed by atoms with van der Waals surface area (Å²) in [5.74, 6) is -0.734. The van der Waals surface area contributed by atoms with Crippen molar-refractivity contribution in [1.29, 1.82) is 0 Å². The number of likely N-dealkylation sites (N-methyl/N-ethyl adjacent to an activating group) is 1. The second-order valence-electron chi connectivity index (χ2n) is 4.65. The molecular weight excluding hydrogens is 291 g/mol. The van der Waals surface area contributed by atoms with Gasteiger partial charge in [-0.25, -0.2) is 0 Å². The number of halogens is 3. The smallest absolute Gasteiger partial charge is 0.312 e. The van der Waals surface area contributed by atoms with Crippen LogP contribution in [-0.4, -0.2) is 19.1 Å². The number of rotatable bonds is 3. The Morgan fingerprint density at radius 3 is 1.95 bits per heavy atom. The van der Waals surface area contributed by atoms with Gasteiger partial charge < -0.3 is 4.90 Å². The molecule has 2 aromatic carbocycles. The quantitative estimate of drug-likeness (QED) is 0.774. The van der Waals surface area contributed by atoms with E-state index < -0.39 is 17.7 Å². The van der Waals surface area contributed by atoms with Crippen molar-refractivity contribution >= 4 is 17.2 Å². The van der Waals surface area contributed by atoms with Gasteiger partial charge >= 0.3 is 6.18 Å². The van der Waals surface area contributed by atoms with Crippen LogP contribution in [-0.2, 0) is 4.79 Å². The van der Waals surface area contributed by atoms with E-state index >= 15 is 0 Å². The summed E-state index contributed by atoms with van der Waals surface area (Å²) in [4.78, 5) is 13.3. The van der Waals surface area contributed by atoms with Gasteiger partial charge in [0.05, 0.1) is 5.57 Å². The van der Waals surface area contributed by atoms with Gasteiger partial charge in [0.1, 0.15) is 0 Å². The van der Waals surface area contributed by atoms with Crippen LogP contribution in [0.4, 0.5) is 18.9 Å². The molecule has 2 nitrogen and oxygen atoms in total. The summed E-state index contributed by atoms with van der Waals surface area (Å²) < 4.78 is 39.6. The predicted molar refractivity (Wildman–Crippen MR) is 80.3 cm³/mol. The van der Waals surface area contributed by atoms with Gasteiger partial charge in [0.25, 0.3) is 5.91 Å². The van der Waals surface area contributed by atoms with Crippen molar-refractivity contribution in [2.45, 2.75) is 6.18 Å². The molecule has 0 atom stereocenters. The normalized spacial score (nSPS) is 12.1. The van der Waals surface area contributed by atoms with Gasteiger partial charge in [-0.3, -0.25) is 4.79 Å². The lowest BCUT2D eigenvalue weighted by molar-refractivity contribution is -0.114. The van der Waals surface area contributed by atoms with Crippen molar-refractivity contribution in [3.05, 3.63) is 72.3 Å². The average Bonchev–Trinajstić information content (AvgIpc) is 2.52. The number of hydrogen-bond acceptors (Lipinski definition) is 1. The van der Waals surface area contributed by atoms with E-state index in [2.05, 4.69) is 0 Å². The predicted octanol–water partition coefficient (Wildman–Crippen LogP) is 4.30. The molecule has 2 aromatic rings. The Balaban J connectivity index is 2.36. The van der Waals surface area contributed by atoms with Crippen LogP contribution >= 0.6 is 0 Å². The molecular formula is C17H14F3NO. The number of nitrogens with zero attached hydrogens (tertiary/aromatic N) is 1. The zero-order valence-electron chi connectivity index (χ0n) is 11.8. The molecule has 0 saturated heterocycles. The molecule has 0 saturated carbocycles. The molecule has 0 fully saturated rings. The molecule has 22 heavy (non-hydrogen) atoms. The lowest BCUT2D eigenvalue weighted by Crippen LogP contribution is -2.25. The Bertz CT molecular complexity index is 663. The van der Waals surface area contributed by atoms with Gasteiger partial charge in [-0.2, -0.15) is 13.2 Å². The number of allylic oxidation sites excluding steroid dienone is 1. The van der Waals surface area contributed by atoms with Crippen LogP contribution in [0, 0.1) is 0 Å². The number of carbonyl (C=O) groups excluding carboxylic acids is 1. The molecule has 0 heterocycles. The lowest BCUT2D eigenvalue weighted by Gasteiger charge is -2.17. The Morgan fingerprint density at radius 1 is 0.955 bits per heavy atom. The molecule has 5 heteroatoms. The van der Waals surface area contributed by atoms with Crippen LogP contribution in [0.15, 0.2) is 66.7 Å². The summed E-state index contributed by atoms with van der Waals surface area (Å²) >= 11 is 0. The molecule has 0 radical (unpaired) electrons. The summed E-state index contributed by atoms with van der Waals surface area (Å²) in [5, 5.41) is 0. The molecule has 0 aliphatic heterocycles. The monoisotopic (exact) mass is 305 g/mol. The van der Waals surface area contributed by atoms with Crippen molar-refractivity contribution in [2.75, 3.05) is 11.9 Å². The summed E-state index contributed by atoms with van der Waals surface area (Å²) in [5.41, 5.74) is -0.468. The molecule has 2 rings (SSSR count). The number of carbonyl (C=O) groups is 1. The molecule has 1 amide bonds. The molecule has 0 spiro atoms. The number of para-hydroxylation sites is 1. The van der Waals surface area contributed by atoms with E-state index in [1.54, 1.807) is 36.4 Å². The Morgan fingerprint density at radius 2 is 1.45 bits per heavy atom. The summed E-state index contributed by atoms with van der Waals surface area (Å²) in [6, 6.07) is 15.8. The van der Waals surface area contributed by atoms with Gasteiger partial charge in [0.2, 0.25) is 0 Å². The standard InChI is InChI=1S/C17H14F3NO/c1-21(14-10-6-3-7-11-14)16(22)12-15(17(18,19)20)13-8-4-2-5-9-13/h2-12H,1H3/b15-12-. The second kappa shape index (κ2) is 6.47. The third-order valence-corrected chi connectivity index (χ3v) is 3.13. The first-order chi connectivity index (χ1) is 10.4. The van der Waals surface area contributed by atoms with Crippen LogP contribution in [0.3, 0.4) is 0 Å². The highest BCUT2D eigenvalue weighted by molar-refractivity contribution is 6.05. The van der Waals surface area contributed by atoms with E-state index in [9.17, 15) is 18.0 Å². The first-order valence-corrected chi connectivity index (χ1v) is 6.56. The van der Waals surface area contributed by atoms with E-state index in [1.165, 1.54) is 36.2 Å². The molecule has 0 bridgehead atoms. The minimum absolute atomic E-state index is 0.0372. The highest BCUT2D eigenvalue weighted by Crippen LogP contribution is 2.33. The van der Waals surface area contributed by atoms with Crippen molar-refractivity contribution in [2.24, 2.45) is 0 Å². The molecule has 0 aliphatic carbocycles. The molecule has 0 aromatic heterocycles.